The van der Waals surface area contributed by atoms with Crippen LogP contribution in [0.4, 0.5) is 0 Å². The maximum absolute atomic E-state index is 13.3. The molecule has 0 saturated carbocycles. The molecule has 0 radical (unpaired) electrons. The van der Waals surface area contributed by atoms with Gasteiger partial charge >= 0.3 is 0 Å². The molecule has 2 aromatic carbocycles. The fourth-order valence-corrected chi connectivity index (χ4v) is 7.75. The summed E-state index contributed by atoms with van der Waals surface area (Å²) < 4.78 is 72.9. The van der Waals surface area contributed by atoms with Crippen molar-refractivity contribution in [2.75, 3.05) is 39.5 Å². The molecular weight excluding hydrogens is 468 g/mol. The second-order valence-electron chi connectivity index (χ2n) is 8.39. The number of sulfonamides is 2. The average molecular weight is 495 g/mol. The van der Waals surface area contributed by atoms with E-state index in [-0.39, 0.29) is 48.9 Å². The quantitative estimate of drug-likeness (QED) is 0.640. The van der Waals surface area contributed by atoms with Crippen molar-refractivity contribution in [3.8, 4) is 11.5 Å². The van der Waals surface area contributed by atoms with Gasteiger partial charge in [0.2, 0.25) is 20.0 Å². The van der Waals surface area contributed by atoms with Gasteiger partial charge in [-0.3, -0.25) is 0 Å². The molecule has 0 aliphatic carbocycles. The van der Waals surface area contributed by atoms with Crippen molar-refractivity contribution in [2.45, 2.75) is 35.3 Å². The lowest BCUT2D eigenvalue weighted by Gasteiger charge is -2.42. The largest absolute Gasteiger partial charge is 0.486 e. The summed E-state index contributed by atoms with van der Waals surface area (Å²) >= 11 is 0. The first-order valence-electron chi connectivity index (χ1n) is 10.9. The van der Waals surface area contributed by atoms with E-state index in [2.05, 4.69) is 0 Å². The Morgan fingerprint density at radius 2 is 1.39 bits per heavy atom. The number of nitrogens with zero attached hydrogens (tertiary/aromatic N) is 2. The third-order valence-electron chi connectivity index (χ3n) is 6.38. The van der Waals surface area contributed by atoms with Crippen molar-refractivity contribution in [3.63, 3.8) is 0 Å². The minimum Gasteiger partial charge on any atom is -0.486 e. The first-order valence-corrected chi connectivity index (χ1v) is 13.7. The van der Waals surface area contributed by atoms with Gasteiger partial charge in [0.15, 0.2) is 11.5 Å². The minimum absolute atomic E-state index is 0.124. The molecular formula is C22H26N2O7S2. The molecule has 3 aliphatic heterocycles. The molecule has 5 rings (SSSR count). The number of piperidine rings is 1. The first kappa shape index (κ1) is 22.6. The molecule has 2 fully saturated rings. The number of fused-ring (bicyclic) bond motifs is 1. The molecule has 3 heterocycles. The van der Waals surface area contributed by atoms with E-state index in [1.165, 1.54) is 20.7 Å². The van der Waals surface area contributed by atoms with Crippen molar-refractivity contribution in [1.82, 2.24) is 8.61 Å². The van der Waals surface area contributed by atoms with Crippen molar-refractivity contribution in [3.05, 3.63) is 48.0 Å². The van der Waals surface area contributed by atoms with Gasteiger partial charge in [0.1, 0.15) is 18.9 Å². The predicted molar refractivity (Wildman–Crippen MR) is 119 cm³/mol. The van der Waals surface area contributed by atoms with E-state index in [9.17, 15) is 16.8 Å². The highest BCUT2D eigenvalue weighted by molar-refractivity contribution is 7.89. The molecule has 2 aromatic rings. The Morgan fingerprint density at radius 1 is 0.758 bits per heavy atom. The zero-order chi connectivity index (χ0) is 23.3. The highest BCUT2D eigenvalue weighted by Crippen LogP contribution is 2.40. The van der Waals surface area contributed by atoms with Gasteiger partial charge < -0.3 is 14.2 Å². The van der Waals surface area contributed by atoms with E-state index in [1.54, 1.807) is 30.3 Å². The molecule has 0 bridgehead atoms. The van der Waals surface area contributed by atoms with Gasteiger partial charge in [0.05, 0.1) is 16.4 Å². The van der Waals surface area contributed by atoms with E-state index >= 15 is 0 Å². The third kappa shape index (κ3) is 3.91. The van der Waals surface area contributed by atoms with Crippen LogP contribution < -0.4 is 9.47 Å². The summed E-state index contributed by atoms with van der Waals surface area (Å²) in [6, 6.07) is 11.3. The van der Waals surface area contributed by atoms with Crippen LogP contribution in [0.3, 0.4) is 0 Å². The lowest BCUT2D eigenvalue weighted by atomic mass is 10.0. The molecule has 3 aliphatic rings. The number of rotatable bonds is 4. The van der Waals surface area contributed by atoms with Crippen LogP contribution >= 0.6 is 0 Å². The summed E-state index contributed by atoms with van der Waals surface area (Å²) in [6.45, 7) is 3.51. The normalized spacial score (nSPS) is 21.4. The van der Waals surface area contributed by atoms with Crippen LogP contribution in [0.25, 0.3) is 0 Å². The molecule has 0 N–H and O–H groups in total. The van der Waals surface area contributed by atoms with Crippen molar-refractivity contribution < 1.29 is 31.0 Å². The predicted octanol–water partition coefficient (Wildman–Crippen LogP) is 1.97. The second-order valence-corrected chi connectivity index (χ2v) is 12.2. The van der Waals surface area contributed by atoms with E-state index in [4.69, 9.17) is 14.2 Å². The topological polar surface area (TPSA) is 102 Å². The summed E-state index contributed by atoms with van der Waals surface area (Å²) in [6.07, 6.45) is 0.504. The number of aryl methyl sites for hydroxylation is 1. The van der Waals surface area contributed by atoms with E-state index in [0.717, 1.165) is 5.56 Å². The molecule has 0 atom stereocenters. The van der Waals surface area contributed by atoms with Gasteiger partial charge in [-0.1, -0.05) is 17.7 Å². The third-order valence-corrected chi connectivity index (χ3v) is 10.2. The fourth-order valence-electron chi connectivity index (χ4n) is 4.57. The Balaban J connectivity index is 1.36. The van der Waals surface area contributed by atoms with Gasteiger partial charge in [-0.15, -0.1) is 0 Å². The van der Waals surface area contributed by atoms with E-state index in [0.29, 0.717) is 24.7 Å². The highest BCUT2D eigenvalue weighted by Gasteiger charge is 2.51. The number of hydrogen-bond acceptors (Lipinski definition) is 7. The maximum atomic E-state index is 13.3. The van der Waals surface area contributed by atoms with Crippen molar-refractivity contribution in [1.29, 1.82) is 0 Å². The number of ether oxygens (including phenoxy) is 3. The lowest BCUT2D eigenvalue weighted by Crippen LogP contribution is -2.55. The molecule has 1 spiro atoms. The molecule has 33 heavy (non-hydrogen) atoms. The monoisotopic (exact) mass is 494 g/mol. The van der Waals surface area contributed by atoms with E-state index < -0.39 is 25.8 Å². The van der Waals surface area contributed by atoms with Gasteiger partial charge in [-0.2, -0.15) is 8.61 Å². The molecule has 0 amide bonds. The summed E-state index contributed by atoms with van der Waals surface area (Å²) in [5.41, 5.74) is -0.0679. The van der Waals surface area contributed by atoms with E-state index in [1.807, 2.05) is 6.92 Å². The molecule has 178 valence electrons. The van der Waals surface area contributed by atoms with Crippen LogP contribution in [0.15, 0.2) is 52.3 Å². The fraction of sp³-hybridized carbons (Fsp3) is 0.455. The second kappa shape index (κ2) is 8.24. The zero-order valence-electron chi connectivity index (χ0n) is 18.3. The Kier molecular flexibility index (Phi) is 5.65. The minimum atomic E-state index is -3.78. The van der Waals surface area contributed by atoms with Crippen molar-refractivity contribution in [2.24, 2.45) is 0 Å². The van der Waals surface area contributed by atoms with Gasteiger partial charge in [-0.05, 0) is 31.2 Å². The first-order chi connectivity index (χ1) is 15.7. The Labute approximate surface area is 194 Å². The molecule has 11 heteroatoms. The Hall–Kier alpha value is -2.18. The number of benzene rings is 2. The highest BCUT2D eigenvalue weighted by atomic mass is 32.2. The lowest BCUT2D eigenvalue weighted by molar-refractivity contribution is -0.0806. The van der Waals surface area contributed by atoms with Crippen LogP contribution in [0, 0.1) is 6.92 Å². The standard InChI is InChI=1S/C22H26N2O7S2/c1-17-2-4-18(5-3-17)33(27,28)24-12-13-31-22(24)8-10-23(11-9-22)32(25,26)19-6-7-20-21(16-19)30-15-14-29-20/h2-7,16H,8-15H2,1H3. The maximum Gasteiger partial charge on any atom is 0.245 e. The summed E-state index contributed by atoms with van der Waals surface area (Å²) in [5, 5.41) is 0. The zero-order valence-corrected chi connectivity index (χ0v) is 19.9. The Bertz CT molecular complexity index is 1250. The van der Waals surface area contributed by atoms with Crippen LogP contribution in [-0.2, 0) is 24.8 Å². The molecule has 9 nitrogen and oxygen atoms in total. The average Bonchev–Trinajstić information content (AvgIpc) is 3.23. The molecule has 0 unspecified atom stereocenters. The van der Waals surface area contributed by atoms with Gasteiger partial charge in [-0.25, -0.2) is 16.8 Å². The van der Waals surface area contributed by atoms with Crippen LogP contribution in [-0.4, -0.2) is 70.6 Å². The molecule has 0 aromatic heterocycles. The molecule has 2 saturated heterocycles. The van der Waals surface area contributed by atoms with Crippen LogP contribution in [0.2, 0.25) is 0 Å². The van der Waals surface area contributed by atoms with Gasteiger partial charge in [0, 0.05) is 38.5 Å². The summed E-state index contributed by atoms with van der Waals surface area (Å²) in [7, 11) is -7.55. The Morgan fingerprint density at radius 3 is 2.09 bits per heavy atom. The SMILES string of the molecule is Cc1ccc(S(=O)(=O)N2CCOC23CCN(S(=O)(=O)c2ccc4c(c2)OCCO4)CC3)cc1. The van der Waals surface area contributed by atoms with Crippen LogP contribution in [0.5, 0.6) is 11.5 Å². The summed E-state index contributed by atoms with van der Waals surface area (Å²) in [5.74, 6) is 0.930. The smallest absolute Gasteiger partial charge is 0.245 e. The van der Waals surface area contributed by atoms with Crippen molar-refractivity contribution >= 4 is 20.0 Å². The van der Waals surface area contributed by atoms with Crippen LogP contribution in [0.1, 0.15) is 18.4 Å². The summed E-state index contributed by atoms with van der Waals surface area (Å²) in [4.78, 5) is 0.337. The number of hydrogen-bond donors (Lipinski definition) is 0. The van der Waals surface area contributed by atoms with Gasteiger partial charge in [0.25, 0.3) is 0 Å².